The highest BCUT2D eigenvalue weighted by molar-refractivity contribution is 9.09. The predicted octanol–water partition coefficient (Wildman–Crippen LogP) is 1.56. The number of aliphatic hydroxyl groups is 1. The summed E-state index contributed by atoms with van der Waals surface area (Å²) >= 11 is 3.16. The van der Waals surface area contributed by atoms with Crippen LogP contribution in [0.1, 0.15) is 13.8 Å². The number of rotatable bonds is 2. The number of hydrogen-bond donors (Lipinski definition) is 1. The maximum absolute atomic E-state index is 11.3. The van der Waals surface area contributed by atoms with Gasteiger partial charge < -0.3 is 9.84 Å². The van der Waals surface area contributed by atoms with Crippen LogP contribution in [0.4, 0.5) is 0 Å². The third kappa shape index (κ3) is 2.25. The number of hydrogen-bond acceptors (Lipinski definition) is 3. The van der Waals surface area contributed by atoms with Crippen LogP contribution in [0.25, 0.3) is 0 Å². The SMILES string of the molecule is C/C=C(/C)[C@@H]1OC(=O)C(CBr)=C[C@@H]1O. The summed E-state index contributed by atoms with van der Waals surface area (Å²) in [7, 11) is 0. The summed E-state index contributed by atoms with van der Waals surface area (Å²) < 4.78 is 5.10. The van der Waals surface area contributed by atoms with Crippen LogP contribution in [-0.4, -0.2) is 28.6 Å². The zero-order valence-electron chi connectivity index (χ0n) is 8.16. The predicted molar refractivity (Wildman–Crippen MR) is 57.2 cm³/mol. The number of cyclic esters (lactones) is 1. The fourth-order valence-electron chi connectivity index (χ4n) is 1.25. The largest absolute Gasteiger partial charge is 0.451 e. The van der Waals surface area contributed by atoms with E-state index < -0.39 is 12.2 Å². The van der Waals surface area contributed by atoms with Crippen LogP contribution in [0.2, 0.25) is 0 Å². The van der Waals surface area contributed by atoms with Gasteiger partial charge in [-0.3, -0.25) is 0 Å². The summed E-state index contributed by atoms with van der Waals surface area (Å²) in [5.41, 5.74) is 1.33. The molecule has 14 heavy (non-hydrogen) atoms. The van der Waals surface area contributed by atoms with Crippen LogP contribution in [0, 0.1) is 0 Å². The van der Waals surface area contributed by atoms with Gasteiger partial charge in [0.25, 0.3) is 0 Å². The minimum atomic E-state index is -0.739. The summed E-state index contributed by atoms with van der Waals surface area (Å²) in [4.78, 5) is 11.3. The molecule has 0 saturated carbocycles. The van der Waals surface area contributed by atoms with Gasteiger partial charge in [0.15, 0.2) is 6.10 Å². The highest BCUT2D eigenvalue weighted by Crippen LogP contribution is 2.21. The van der Waals surface area contributed by atoms with E-state index in [1.807, 2.05) is 19.9 Å². The Morgan fingerprint density at radius 2 is 2.43 bits per heavy atom. The molecule has 3 nitrogen and oxygen atoms in total. The lowest BCUT2D eigenvalue weighted by Crippen LogP contribution is -2.36. The standard InChI is InChI=1S/C10H13BrO3/c1-3-6(2)9-8(12)4-7(5-11)10(13)14-9/h3-4,8-9,12H,5H2,1-2H3/b6-3-/t8-,9-/m0/s1. The fraction of sp³-hybridized carbons (Fsp3) is 0.500. The molecule has 0 spiro atoms. The summed E-state index contributed by atoms with van der Waals surface area (Å²) in [6, 6.07) is 0. The normalized spacial score (nSPS) is 28.4. The first-order chi connectivity index (χ1) is 6.60. The molecule has 0 aromatic carbocycles. The summed E-state index contributed by atoms with van der Waals surface area (Å²) in [5, 5.41) is 10.1. The van der Waals surface area contributed by atoms with E-state index in [1.165, 1.54) is 6.08 Å². The van der Waals surface area contributed by atoms with Crippen molar-refractivity contribution in [3.8, 4) is 0 Å². The van der Waals surface area contributed by atoms with E-state index in [0.29, 0.717) is 10.9 Å². The number of carbonyl (C=O) groups is 1. The number of halogens is 1. The molecule has 0 unspecified atom stereocenters. The smallest absolute Gasteiger partial charge is 0.335 e. The third-order valence-corrected chi connectivity index (χ3v) is 2.83. The summed E-state index contributed by atoms with van der Waals surface area (Å²) in [5.74, 6) is -0.363. The van der Waals surface area contributed by atoms with Crippen molar-refractivity contribution in [2.45, 2.75) is 26.1 Å². The quantitative estimate of drug-likeness (QED) is 0.466. The lowest BCUT2D eigenvalue weighted by Gasteiger charge is -2.26. The van der Waals surface area contributed by atoms with Crippen LogP contribution in [-0.2, 0) is 9.53 Å². The van der Waals surface area contributed by atoms with E-state index in [4.69, 9.17) is 4.74 Å². The van der Waals surface area contributed by atoms with E-state index in [9.17, 15) is 9.90 Å². The average Bonchev–Trinajstić information content (AvgIpc) is 2.19. The Hall–Kier alpha value is -0.610. The highest BCUT2D eigenvalue weighted by atomic mass is 79.9. The van der Waals surface area contributed by atoms with Gasteiger partial charge in [-0.25, -0.2) is 4.79 Å². The average molecular weight is 261 g/mol. The van der Waals surface area contributed by atoms with Crippen LogP contribution in [0.3, 0.4) is 0 Å². The molecule has 0 saturated heterocycles. The van der Waals surface area contributed by atoms with E-state index in [1.54, 1.807) is 0 Å². The van der Waals surface area contributed by atoms with Crippen molar-refractivity contribution in [3.63, 3.8) is 0 Å². The molecular weight excluding hydrogens is 248 g/mol. The van der Waals surface area contributed by atoms with E-state index >= 15 is 0 Å². The Balaban J connectivity index is 2.89. The van der Waals surface area contributed by atoms with E-state index in [2.05, 4.69) is 15.9 Å². The maximum Gasteiger partial charge on any atom is 0.335 e. The molecule has 0 bridgehead atoms. The topological polar surface area (TPSA) is 46.5 Å². The van der Waals surface area contributed by atoms with Gasteiger partial charge in [0.05, 0.1) is 0 Å². The number of esters is 1. The van der Waals surface area contributed by atoms with Gasteiger partial charge in [-0.05, 0) is 25.5 Å². The number of allylic oxidation sites excluding steroid dienone is 1. The zero-order valence-corrected chi connectivity index (χ0v) is 9.74. The molecule has 0 aliphatic carbocycles. The van der Waals surface area contributed by atoms with Crippen molar-refractivity contribution in [1.82, 2.24) is 0 Å². The lowest BCUT2D eigenvalue weighted by molar-refractivity contribution is -0.148. The second-order valence-electron chi connectivity index (χ2n) is 3.17. The van der Waals surface area contributed by atoms with Crippen molar-refractivity contribution < 1.29 is 14.6 Å². The van der Waals surface area contributed by atoms with E-state index in [-0.39, 0.29) is 5.97 Å². The molecule has 1 heterocycles. The molecule has 1 aliphatic heterocycles. The number of alkyl halides is 1. The number of aliphatic hydroxyl groups excluding tert-OH is 1. The van der Waals surface area contributed by atoms with Gasteiger partial charge in [-0.15, -0.1) is 0 Å². The summed E-state index contributed by atoms with van der Waals surface area (Å²) in [6.07, 6.45) is 2.10. The third-order valence-electron chi connectivity index (χ3n) is 2.23. The van der Waals surface area contributed by atoms with Gasteiger partial charge in [-0.1, -0.05) is 22.0 Å². The van der Waals surface area contributed by atoms with Crippen molar-refractivity contribution >= 4 is 21.9 Å². The molecule has 0 amide bonds. The van der Waals surface area contributed by atoms with Crippen LogP contribution >= 0.6 is 15.9 Å². The second kappa shape index (κ2) is 4.75. The van der Waals surface area contributed by atoms with Crippen LogP contribution < -0.4 is 0 Å². The van der Waals surface area contributed by atoms with Gasteiger partial charge in [0.2, 0.25) is 0 Å². The Morgan fingerprint density at radius 1 is 1.79 bits per heavy atom. The molecule has 2 atom stereocenters. The first-order valence-corrected chi connectivity index (χ1v) is 5.50. The van der Waals surface area contributed by atoms with Crippen molar-refractivity contribution in [2.24, 2.45) is 0 Å². The van der Waals surface area contributed by atoms with Gasteiger partial charge in [0.1, 0.15) is 6.10 Å². The van der Waals surface area contributed by atoms with Gasteiger partial charge in [0, 0.05) is 10.9 Å². The lowest BCUT2D eigenvalue weighted by atomic mass is 10.0. The molecule has 1 aliphatic rings. The maximum atomic E-state index is 11.3. The molecule has 0 aromatic heterocycles. The molecule has 78 valence electrons. The minimum Gasteiger partial charge on any atom is -0.451 e. The first kappa shape index (κ1) is 11.5. The van der Waals surface area contributed by atoms with Crippen LogP contribution in [0.5, 0.6) is 0 Å². The highest BCUT2D eigenvalue weighted by Gasteiger charge is 2.30. The van der Waals surface area contributed by atoms with Gasteiger partial charge >= 0.3 is 5.97 Å². The van der Waals surface area contributed by atoms with Gasteiger partial charge in [-0.2, -0.15) is 0 Å². The monoisotopic (exact) mass is 260 g/mol. The molecule has 1 rings (SSSR count). The minimum absolute atomic E-state index is 0.363. The summed E-state index contributed by atoms with van der Waals surface area (Å²) in [6.45, 7) is 3.67. The molecule has 1 N–H and O–H groups in total. The van der Waals surface area contributed by atoms with Crippen molar-refractivity contribution in [3.05, 3.63) is 23.3 Å². The van der Waals surface area contributed by atoms with Crippen molar-refractivity contribution in [2.75, 3.05) is 5.33 Å². The van der Waals surface area contributed by atoms with Crippen LogP contribution in [0.15, 0.2) is 23.3 Å². The van der Waals surface area contributed by atoms with E-state index in [0.717, 1.165) is 5.57 Å². The number of ether oxygens (including phenoxy) is 1. The fourth-order valence-corrected chi connectivity index (χ4v) is 1.66. The molecule has 0 radical (unpaired) electrons. The Kier molecular flexibility index (Phi) is 3.89. The van der Waals surface area contributed by atoms with Crippen molar-refractivity contribution in [1.29, 1.82) is 0 Å². The second-order valence-corrected chi connectivity index (χ2v) is 3.74. The Morgan fingerprint density at radius 3 is 2.93 bits per heavy atom. The molecule has 4 heteroatoms. The number of carbonyl (C=O) groups excluding carboxylic acids is 1. The molecular formula is C10H13BrO3. The molecule has 0 aromatic rings. The first-order valence-electron chi connectivity index (χ1n) is 4.38. The zero-order chi connectivity index (χ0) is 10.7. The Labute approximate surface area is 91.6 Å². The Bertz CT molecular complexity index is 294. The molecule has 0 fully saturated rings.